The standard InChI is InChI=1S/C13H27N3O/c1-4-14-12-7-9-15(10-8-12)11-13(17)16(5-2)6-3/h12,14H,4-11H2,1-3H3. The van der Waals surface area contributed by atoms with Crippen LogP contribution in [0, 0.1) is 0 Å². The lowest BCUT2D eigenvalue weighted by Crippen LogP contribution is -2.46. The Morgan fingerprint density at radius 2 is 1.82 bits per heavy atom. The highest BCUT2D eigenvalue weighted by Gasteiger charge is 2.21. The van der Waals surface area contributed by atoms with Crippen LogP contribution >= 0.6 is 0 Å². The van der Waals surface area contributed by atoms with Crippen molar-refractivity contribution < 1.29 is 4.79 Å². The van der Waals surface area contributed by atoms with Gasteiger partial charge in [-0.1, -0.05) is 6.92 Å². The quantitative estimate of drug-likeness (QED) is 0.751. The molecule has 4 heteroatoms. The molecular weight excluding hydrogens is 214 g/mol. The molecule has 1 fully saturated rings. The van der Waals surface area contributed by atoms with Crippen LogP contribution in [0.1, 0.15) is 33.6 Å². The van der Waals surface area contributed by atoms with E-state index in [0.29, 0.717) is 12.6 Å². The molecule has 1 saturated heterocycles. The third-order valence-electron chi connectivity index (χ3n) is 3.56. The van der Waals surface area contributed by atoms with Gasteiger partial charge in [-0.3, -0.25) is 9.69 Å². The molecule has 1 aliphatic heterocycles. The molecule has 0 aromatic heterocycles. The van der Waals surface area contributed by atoms with Gasteiger partial charge in [-0.15, -0.1) is 0 Å². The Labute approximate surface area is 105 Å². The highest BCUT2D eigenvalue weighted by Crippen LogP contribution is 2.10. The van der Waals surface area contributed by atoms with Gasteiger partial charge in [0.1, 0.15) is 0 Å². The lowest BCUT2D eigenvalue weighted by Gasteiger charge is -2.33. The minimum absolute atomic E-state index is 0.275. The van der Waals surface area contributed by atoms with Crippen molar-refractivity contribution in [3.05, 3.63) is 0 Å². The van der Waals surface area contributed by atoms with Crippen molar-refractivity contribution >= 4 is 5.91 Å². The number of likely N-dealkylation sites (N-methyl/N-ethyl adjacent to an activating group) is 1. The first kappa shape index (κ1) is 14.5. The van der Waals surface area contributed by atoms with Crippen LogP contribution in [0.3, 0.4) is 0 Å². The Morgan fingerprint density at radius 3 is 2.29 bits per heavy atom. The normalized spacial score (nSPS) is 18.3. The molecule has 0 bridgehead atoms. The van der Waals surface area contributed by atoms with Crippen molar-refractivity contribution in [3.8, 4) is 0 Å². The summed E-state index contributed by atoms with van der Waals surface area (Å²) in [7, 11) is 0. The molecule has 0 aliphatic carbocycles. The summed E-state index contributed by atoms with van der Waals surface area (Å²) in [5.41, 5.74) is 0. The van der Waals surface area contributed by atoms with Crippen LogP contribution in [-0.4, -0.2) is 61.0 Å². The summed E-state index contributed by atoms with van der Waals surface area (Å²) in [4.78, 5) is 16.1. The van der Waals surface area contributed by atoms with Crippen LogP contribution in [0.2, 0.25) is 0 Å². The van der Waals surface area contributed by atoms with Crippen LogP contribution in [-0.2, 0) is 4.79 Å². The fraction of sp³-hybridized carbons (Fsp3) is 0.923. The smallest absolute Gasteiger partial charge is 0.236 e. The van der Waals surface area contributed by atoms with Crippen LogP contribution < -0.4 is 5.32 Å². The summed E-state index contributed by atoms with van der Waals surface area (Å²) >= 11 is 0. The van der Waals surface area contributed by atoms with Gasteiger partial charge >= 0.3 is 0 Å². The molecule has 0 saturated carbocycles. The van der Waals surface area contributed by atoms with E-state index in [1.165, 1.54) is 12.8 Å². The lowest BCUT2D eigenvalue weighted by atomic mass is 10.1. The number of likely N-dealkylation sites (tertiary alicyclic amines) is 1. The molecule has 0 atom stereocenters. The van der Waals surface area contributed by atoms with Crippen molar-refractivity contribution in [2.75, 3.05) is 39.3 Å². The van der Waals surface area contributed by atoms with E-state index in [9.17, 15) is 4.79 Å². The van der Waals surface area contributed by atoms with Gasteiger partial charge in [0.05, 0.1) is 6.54 Å². The second-order valence-corrected chi connectivity index (χ2v) is 4.67. The van der Waals surface area contributed by atoms with Gasteiger partial charge in [0.15, 0.2) is 0 Å². The molecule has 100 valence electrons. The number of piperidine rings is 1. The van der Waals surface area contributed by atoms with E-state index in [4.69, 9.17) is 0 Å². The van der Waals surface area contributed by atoms with E-state index in [1.807, 2.05) is 18.7 Å². The molecule has 1 aliphatic rings. The lowest BCUT2D eigenvalue weighted by molar-refractivity contribution is -0.132. The number of rotatable bonds is 6. The fourth-order valence-electron chi connectivity index (χ4n) is 2.45. The third-order valence-corrected chi connectivity index (χ3v) is 3.56. The van der Waals surface area contributed by atoms with Crippen molar-refractivity contribution in [2.24, 2.45) is 0 Å². The molecule has 1 rings (SSSR count). The highest BCUT2D eigenvalue weighted by molar-refractivity contribution is 5.78. The van der Waals surface area contributed by atoms with Gasteiger partial charge in [0.25, 0.3) is 0 Å². The van der Waals surface area contributed by atoms with Crippen LogP contribution in [0.25, 0.3) is 0 Å². The van der Waals surface area contributed by atoms with E-state index in [0.717, 1.165) is 32.7 Å². The zero-order valence-electron chi connectivity index (χ0n) is 11.5. The summed E-state index contributed by atoms with van der Waals surface area (Å²) in [6.45, 7) is 11.6. The number of hydrogen-bond donors (Lipinski definition) is 1. The van der Waals surface area contributed by atoms with Gasteiger partial charge in [0, 0.05) is 32.2 Å². The average molecular weight is 241 g/mol. The summed E-state index contributed by atoms with van der Waals surface area (Å²) in [5, 5.41) is 3.48. The molecule has 0 aromatic rings. The summed E-state index contributed by atoms with van der Waals surface area (Å²) in [6.07, 6.45) is 2.33. The predicted molar refractivity (Wildman–Crippen MR) is 71.1 cm³/mol. The maximum absolute atomic E-state index is 11.9. The molecule has 0 unspecified atom stereocenters. The van der Waals surface area contributed by atoms with Crippen LogP contribution in [0.4, 0.5) is 0 Å². The SMILES string of the molecule is CCNC1CCN(CC(=O)N(CC)CC)CC1. The number of nitrogens with one attached hydrogen (secondary N) is 1. The molecule has 1 amide bonds. The van der Waals surface area contributed by atoms with Crippen LogP contribution in [0.5, 0.6) is 0 Å². The highest BCUT2D eigenvalue weighted by atomic mass is 16.2. The molecule has 1 heterocycles. The summed E-state index contributed by atoms with van der Waals surface area (Å²) in [6, 6.07) is 0.653. The third kappa shape index (κ3) is 4.64. The number of carbonyl (C=O) groups is 1. The molecule has 0 radical (unpaired) electrons. The predicted octanol–water partition coefficient (Wildman–Crippen LogP) is 0.929. The Morgan fingerprint density at radius 1 is 1.24 bits per heavy atom. The number of amides is 1. The van der Waals surface area contributed by atoms with Gasteiger partial charge < -0.3 is 10.2 Å². The van der Waals surface area contributed by atoms with Gasteiger partial charge in [-0.2, -0.15) is 0 Å². The van der Waals surface area contributed by atoms with E-state index < -0.39 is 0 Å². The first-order valence-electron chi connectivity index (χ1n) is 6.94. The number of carbonyl (C=O) groups excluding carboxylic acids is 1. The Balaban J connectivity index is 2.27. The second-order valence-electron chi connectivity index (χ2n) is 4.67. The maximum Gasteiger partial charge on any atom is 0.236 e. The fourth-order valence-corrected chi connectivity index (χ4v) is 2.45. The average Bonchev–Trinajstić information content (AvgIpc) is 2.33. The molecule has 0 spiro atoms. The second kappa shape index (κ2) is 7.67. The summed E-state index contributed by atoms with van der Waals surface area (Å²) < 4.78 is 0. The van der Waals surface area contributed by atoms with E-state index >= 15 is 0 Å². The largest absolute Gasteiger partial charge is 0.342 e. The monoisotopic (exact) mass is 241 g/mol. The Kier molecular flexibility index (Phi) is 6.52. The molecule has 4 nitrogen and oxygen atoms in total. The van der Waals surface area contributed by atoms with Gasteiger partial charge in [-0.25, -0.2) is 0 Å². The molecular formula is C13H27N3O. The van der Waals surface area contributed by atoms with E-state index in [-0.39, 0.29) is 5.91 Å². The minimum Gasteiger partial charge on any atom is -0.342 e. The van der Waals surface area contributed by atoms with Crippen molar-refractivity contribution in [1.82, 2.24) is 15.1 Å². The van der Waals surface area contributed by atoms with Gasteiger partial charge in [-0.05, 0) is 33.2 Å². The molecule has 1 N–H and O–H groups in total. The summed E-state index contributed by atoms with van der Waals surface area (Å²) in [5.74, 6) is 0.275. The van der Waals surface area contributed by atoms with Crippen molar-refractivity contribution in [2.45, 2.75) is 39.7 Å². The van der Waals surface area contributed by atoms with Crippen molar-refractivity contribution in [1.29, 1.82) is 0 Å². The number of nitrogens with zero attached hydrogens (tertiary/aromatic N) is 2. The zero-order valence-corrected chi connectivity index (χ0v) is 11.5. The van der Waals surface area contributed by atoms with E-state index in [2.05, 4.69) is 17.1 Å². The zero-order chi connectivity index (χ0) is 12.7. The van der Waals surface area contributed by atoms with Crippen LogP contribution in [0.15, 0.2) is 0 Å². The first-order chi connectivity index (χ1) is 8.21. The Hall–Kier alpha value is -0.610. The van der Waals surface area contributed by atoms with E-state index in [1.54, 1.807) is 0 Å². The van der Waals surface area contributed by atoms with Crippen molar-refractivity contribution in [3.63, 3.8) is 0 Å². The molecule has 17 heavy (non-hydrogen) atoms. The maximum atomic E-state index is 11.9. The topological polar surface area (TPSA) is 35.6 Å². The molecule has 0 aromatic carbocycles. The Bertz CT molecular complexity index is 221. The first-order valence-corrected chi connectivity index (χ1v) is 6.94. The van der Waals surface area contributed by atoms with Gasteiger partial charge in [0.2, 0.25) is 5.91 Å². The number of hydrogen-bond acceptors (Lipinski definition) is 3. The minimum atomic E-state index is 0.275.